The molecule has 0 aliphatic heterocycles. The third-order valence-electron chi connectivity index (χ3n) is 2.30. The third kappa shape index (κ3) is 3.92. The van der Waals surface area contributed by atoms with Crippen LogP contribution in [0.3, 0.4) is 0 Å². The number of halogens is 4. The predicted octanol–water partition coefficient (Wildman–Crippen LogP) is 2.83. The molecule has 0 aliphatic rings. The van der Waals surface area contributed by atoms with Crippen molar-refractivity contribution in [3.05, 3.63) is 35.7 Å². The van der Waals surface area contributed by atoms with E-state index in [0.29, 0.717) is 12.1 Å². The molecule has 0 fully saturated rings. The van der Waals surface area contributed by atoms with Crippen LogP contribution >= 0.6 is 12.4 Å². The first kappa shape index (κ1) is 16.4. The van der Waals surface area contributed by atoms with Crippen LogP contribution in [0, 0.1) is 0 Å². The van der Waals surface area contributed by atoms with E-state index in [4.69, 9.17) is 0 Å². The fourth-order valence-corrected chi connectivity index (χ4v) is 1.38. The molecular weight excluding hydrogens is 299 g/mol. The molecule has 2 rings (SSSR count). The van der Waals surface area contributed by atoms with Crippen LogP contribution < -0.4 is 5.48 Å². The molecule has 9 heteroatoms. The van der Waals surface area contributed by atoms with Crippen LogP contribution in [0.5, 0.6) is 0 Å². The Balaban J connectivity index is 0.00000200. The maximum Gasteiger partial charge on any atom is 0.471 e. The summed E-state index contributed by atoms with van der Waals surface area (Å²) >= 11 is 0. The van der Waals surface area contributed by atoms with Gasteiger partial charge in [-0.1, -0.05) is 29.4 Å². The van der Waals surface area contributed by atoms with E-state index in [9.17, 15) is 13.2 Å². The van der Waals surface area contributed by atoms with Gasteiger partial charge in [0, 0.05) is 12.1 Å². The number of benzene rings is 1. The maximum absolute atomic E-state index is 12.3. The molecule has 0 aliphatic carbocycles. The number of rotatable bonds is 4. The number of aromatic nitrogens is 2. The SMILES string of the molecule is CONCc1ccc(-c2noc(C(F)(F)F)n2)cc1.Cl. The van der Waals surface area contributed by atoms with Crippen LogP contribution in [0.2, 0.25) is 0 Å². The first-order chi connectivity index (χ1) is 9.00. The van der Waals surface area contributed by atoms with Crippen molar-refractivity contribution in [1.82, 2.24) is 15.6 Å². The molecule has 0 amide bonds. The van der Waals surface area contributed by atoms with Crippen LogP contribution in [0.15, 0.2) is 28.8 Å². The zero-order valence-corrected chi connectivity index (χ0v) is 11.1. The molecule has 1 aromatic heterocycles. The van der Waals surface area contributed by atoms with Gasteiger partial charge in [0.2, 0.25) is 5.82 Å². The van der Waals surface area contributed by atoms with Crippen molar-refractivity contribution in [3.63, 3.8) is 0 Å². The number of alkyl halides is 3. The Labute approximate surface area is 118 Å². The quantitative estimate of drug-likeness (QED) is 0.880. The molecular formula is C11H11ClF3N3O2. The van der Waals surface area contributed by atoms with Gasteiger partial charge in [0.05, 0.1) is 7.11 Å². The molecule has 0 bridgehead atoms. The normalized spacial score (nSPS) is 11.2. The maximum atomic E-state index is 12.3. The second-order valence-electron chi connectivity index (χ2n) is 3.64. The summed E-state index contributed by atoms with van der Waals surface area (Å²) in [6.45, 7) is 0.483. The Bertz CT molecular complexity index is 543. The summed E-state index contributed by atoms with van der Waals surface area (Å²) < 4.78 is 41.1. The van der Waals surface area contributed by atoms with E-state index in [-0.39, 0.29) is 18.2 Å². The van der Waals surface area contributed by atoms with Crippen molar-refractivity contribution in [1.29, 1.82) is 0 Å². The van der Waals surface area contributed by atoms with Gasteiger partial charge in [0.25, 0.3) is 0 Å². The average Bonchev–Trinajstić information content (AvgIpc) is 2.86. The fraction of sp³-hybridized carbons (Fsp3) is 0.273. The van der Waals surface area contributed by atoms with Crippen LogP contribution in [0.1, 0.15) is 11.5 Å². The van der Waals surface area contributed by atoms with Gasteiger partial charge >= 0.3 is 12.1 Å². The number of hydrogen-bond acceptors (Lipinski definition) is 5. The molecule has 1 aromatic carbocycles. The number of nitrogens with one attached hydrogen (secondary N) is 1. The van der Waals surface area contributed by atoms with E-state index < -0.39 is 12.1 Å². The number of hydroxylamine groups is 1. The van der Waals surface area contributed by atoms with Gasteiger partial charge in [0.1, 0.15) is 0 Å². The summed E-state index contributed by atoms with van der Waals surface area (Å²) in [5.74, 6) is -1.45. The summed E-state index contributed by atoms with van der Waals surface area (Å²) in [6, 6.07) is 6.67. The van der Waals surface area contributed by atoms with Gasteiger partial charge in [-0.25, -0.2) is 0 Å². The summed E-state index contributed by atoms with van der Waals surface area (Å²) in [5, 5.41) is 3.30. The summed E-state index contributed by atoms with van der Waals surface area (Å²) in [7, 11) is 1.49. The van der Waals surface area contributed by atoms with Gasteiger partial charge in [-0.15, -0.1) is 12.4 Å². The molecule has 1 N–H and O–H groups in total. The molecule has 5 nitrogen and oxygen atoms in total. The van der Waals surface area contributed by atoms with Crippen molar-refractivity contribution in [2.24, 2.45) is 0 Å². The molecule has 0 saturated carbocycles. The Kier molecular flexibility index (Phi) is 5.49. The lowest BCUT2D eigenvalue weighted by Crippen LogP contribution is -2.10. The van der Waals surface area contributed by atoms with E-state index in [1.54, 1.807) is 24.3 Å². The Morgan fingerprint density at radius 1 is 1.25 bits per heavy atom. The predicted molar refractivity (Wildman–Crippen MR) is 65.8 cm³/mol. The van der Waals surface area contributed by atoms with Crippen molar-refractivity contribution in [3.8, 4) is 11.4 Å². The van der Waals surface area contributed by atoms with E-state index in [0.717, 1.165) is 5.56 Å². The minimum absolute atomic E-state index is 0. The summed E-state index contributed by atoms with van der Waals surface area (Å²) in [5.41, 5.74) is 4.00. The largest absolute Gasteiger partial charge is 0.471 e. The smallest absolute Gasteiger partial charge is 0.329 e. The average molecular weight is 310 g/mol. The highest BCUT2D eigenvalue weighted by molar-refractivity contribution is 5.85. The zero-order valence-electron chi connectivity index (χ0n) is 10.3. The van der Waals surface area contributed by atoms with Gasteiger partial charge in [-0.2, -0.15) is 23.6 Å². The Hall–Kier alpha value is -1.64. The second-order valence-corrected chi connectivity index (χ2v) is 3.64. The van der Waals surface area contributed by atoms with E-state index >= 15 is 0 Å². The fourth-order valence-electron chi connectivity index (χ4n) is 1.38. The van der Waals surface area contributed by atoms with E-state index in [1.165, 1.54) is 7.11 Å². The van der Waals surface area contributed by atoms with Crippen molar-refractivity contribution < 1.29 is 22.5 Å². The lowest BCUT2D eigenvalue weighted by atomic mass is 10.1. The van der Waals surface area contributed by atoms with Crippen molar-refractivity contribution in [2.45, 2.75) is 12.7 Å². The third-order valence-corrected chi connectivity index (χ3v) is 2.30. The highest BCUT2D eigenvalue weighted by Gasteiger charge is 2.38. The lowest BCUT2D eigenvalue weighted by molar-refractivity contribution is -0.159. The van der Waals surface area contributed by atoms with Crippen LogP contribution in [0.4, 0.5) is 13.2 Å². The minimum Gasteiger partial charge on any atom is -0.329 e. The van der Waals surface area contributed by atoms with Crippen LogP contribution in [-0.4, -0.2) is 17.3 Å². The molecule has 2 aromatic rings. The first-order valence-corrected chi connectivity index (χ1v) is 5.27. The summed E-state index contributed by atoms with van der Waals surface area (Å²) in [4.78, 5) is 7.99. The van der Waals surface area contributed by atoms with Gasteiger partial charge < -0.3 is 9.36 Å². The van der Waals surface area contributed by atoms with E-state index in [1.807, 2.05) is 0 Å². The standard InChI is InChI=1S/C11H10F3N3O2.ClH/c1-18-15-6-7-2-4-8(5-3-7)9-16-10(19-17-9)11(12,13)14;/h2-5,15H,6H2,1H3;1H. The monoisotopic (exact) mass is 309 g/mol. The summed E-state index contributed by atoms with van der Waals surface area (Å²) in [6.07, 6.45) is -4.63. The Morgan fingerprint density at radius 2 is 1.90 bits per heavy atom. The zero-order chi connectivity index (χ0) is 13.9. The molecule has 0 radical (unpaired) electrons. The first-order valence-electron chi connectivity index (χ1n) is 5.27. The molecule has 0 unspecified atom stereocenters. The molecule has 1 heterocycles. The van der Waals surface area contributed by atoms with Crippen molar-refractivity contribution in [2.75, 3.05) is 7.11 Å². The highest BCUT2D eigenvalue weighted by Crippen LogP contribution is 2.29. The number of nitrogens with zero attached hydrogens (tertiary/aromatic N) is 2. The number of hydrogen-bond donors (Lipinski definition) is 1. The van der Waals surface area contributed by atoms with Gasteiger partial charge in [-0.3, -0.25) is 0 Å². The van der Waals surface area contributed by atoms with Crippen molar-refractivity contribution >= 4 is 12.4 Å². The van der Waals surface area contributed by atoms with Crippen LogP contribution in [0.25, 0.3) is 11.4 Å². The molecule has 110 valence electrons. The molecule has 20 heavy (non-hydrogen) atoms. The molecule has 0 saturated heterocycles. The topological polar surface area (TPSA) is 60.2 Å². The lowest BCUT2D eigenvalue weighted by Gasteiger charge is -2.02. The van der Waals surface area contributed by atoms with Gasteiger partial charge in [-0.05, 0) is 5.56 Å². The van der Waals surface area contributed by atoms with Gasteiger partial charge in [0.15, 0.2) is 0 Å². The second kappa shape index (κ2) is 6.69. The highest BCUT2D eigenvalue weighted by atomic mass is 35.5. The minimum atomic E-state index is -4.63. The van der Waals surface area contributed by atoms with E-state index in [2.05, 4.69) is 25.0 Å². The molecule has 0 spiro atoms. The molecule has 0 atom stereocenters. The Morgan fingerprint density at radius 3 is 2.40 bits per heavy atom. The van der Waals surface area contributed by atoms with Crippen LogP contribution in [-0.2, 0) is 17.6 Å².